The number of fused-ring (bicyclic) bond motifs is 1. The molecule has 2 atom stereocenters. The molecule has 2 amide bonds. The van der Waals surface area contributed by atoms with E-state index in [1.807, 2.05) is 24.3 Å². The number of amides is 2. The maximum Gasteiger partial charge on any atom is 1.00 e. The molecule has 2 heterocycles. The minimum atomic E-state index is -1.50. The molecule has 0 spiro atoms. The number of esters is 1. The Bertz CT molecular complexity index is 1010. The summed E-state index contributed by atoms with van der Waals surface area (Å²) < 4.78 is 5.84. The van der Waals surface area contributed by atoms with Gasteiger partial charge in [-0.1, -0.05) is 40.9 Å². The van der Waals surface area contributed by atoms with Crippen molar-refractivity contribution in [2.45, 2.75) is 49.4 Å². The van der Waals surface area contributed by atoms with Crippen molar-refractivity contribution in [3.63, 3.8) is 0 Å². The molecule has 170 valence electrons. The van der Waals surface area contributed by atoms with Gasteiger partial charge in [-0.2, -0.15) is 0 Å². The van der Waals surface area contributed by atoms with Crippen molar-refractivity contribution >= 4 is 51.4 Å². The molecule has 0 aromatic heterocycles. The van der Waals surface area contributed by atoms with Gasteiger partial charge >= 0.3 is 35.5 Å². The Morgan fingerprint density at radius 3 is 2.45 bits per heavy atom. The Morgan fingerprint density at radius 2 is 1.88 bits per heavy atom. The molecule has 0 bridgehead atoms. The first-order valence-corrected chi connectivity index (χ1v) is 12.2. The molecule has 8 nitrogen and oxygen atoms in total. The fourth-order valence-electron chi connectivity index (χ4n) is 4.65. The molecular formula is C22H22BrN2NaO6S. The fourth-order valence-corrected chi connectivity index (χ4v) is 6.24. The molecule has 4 rings (SSSR count). The number of nitrogens with zero attached hydrogens (tertiary/aromatic N) is 1. The zero-order valence-electron chi connectivity index (χ0n) is 18.4. The van der Waals surface area contributed by atoms with Crippen LogP contribution >= 0.6 is 27.7 Å². The third-order valence-corrected chi connectivity index (χ3v) is 8.13. The van der Waals surface area contributed by atoms with E-state index in [0.29, 0.717) is 18.4 Å². The van der Waals surface area contributed by atoms with Gasteiger partial charge in [0.2, 0.25) is 5.91 Å². The van der Waals surface area contributed by atoms with E-state index in [2.05, 4.69) is 21.2 Å². The smallest absolute Gasteiger partial charge is 0.543 e. The quantitative estimate of drug-likeness (QED) is 0.256. The second kappa shape index (κ2) is 10.5. The molecule has 3 aliphatic rings. The van der Waals surface area contributed by atoms with Crippen LogP contribution in [0.5, 0.6) is 0 Å². The van der Waals surface area contributed by atoms with Crippen molar-refractivity contribution in [3.8, 4) is 0 Å². The maximum absolute atomic E-state index is 13.4. The Balaban J connectivity index is 0.00000306. The van der Waals surface area contributed by atoms with Crippen molar-refractivity contribution in [2.24, 2.45) is 0 Å². The number of carboxylic acids is 1. The van der Waals surface area contributed by atoms with E-state index in [4.69, 9.17) is 4.74 Å². The number of benzene rings is 1. The molecule has 0 unspecified atom stereocenters. The predicted molar refractivity (Wildman–Crippen MR) is 118 cm³/mol. The predicted octanol–water partition coefficient (Wildman–Crippen LogP) is -1.77. The molecule has 1 saturated heterocycles. The van der Waals surface area contributed by atoms with E-state index in [0.717, 1.165) is 27.8 Å². The number of carboxylic acid groups (broad SMARTS) is 1. The average Bonchev–Trinajstić information content (AvgIpc) is 3.26. The van der Waals surface area contributed by atoms with Gasteiger partial charge in [0.15, 0.2) is 0 Å². The van der Waals surface area contributed by atoms with E-state index in [1.165, 1.54) is 18.7 Å². The third kappa shape index (κ3) is 4.91. The first kappa shape index (κ1) is 26.3. The Morgan fingerprint density at radius 1 is 1.24 bits per heavy atom. The number of β-lactam (4-membered cyclic amide) rings is 1. The monoisotopic (exact) mass is 544 g/mol. The summed E-state index contributed by atoms with van der Waals surface area (Å²) in [6, 6.07) is 6.84. The number of carbonyl (C=O) groups is 4. The molecule has 1 aliphatic carbocycles. The van der Waals surface area contributed by atoms with Gasteiger partial charge in [0.1, 0.15) is 18.0 Å². The molecular weight excluding hydrogens is 523 g/mol. The molecule has 1 saturated carbocycles. The first-order chi connectivity index (χ1) is 15.2. The summed E-state index contributed by atoms with van der Waals surface area (Å²) in [5.74, 6) is -2.50. The molecule has 2 fully saturated rings. The van der Waals surface area contributed by atoms with Crippen LogP contribution in [0.1, 0.15) is 38.2 Å². The summed E-state index contributed by atoms with van der Waals surface area (Å²) in [7, 11) is 0. The van der Waals surface area contributed by atoms with E-state index >= 15 is 0 Å². The van der Waals surface area contributed by atoms with E-state index in [-0.39, 0.29) is 53.5 Å². The second-order valence-corrected chi connectivity index (χ2v) is 10.2. The van der Waals surface area contributed by atoms with E-state index < -0.39 is 34.7 Å². The van der Waals surface area contributed by atoms with Gasteiger partial charge in [-0.05, 0) is 30.5 Å². The van der Waals surface area contributed by atoms with Crippen LogP contribution < -0.4 is 40.0 Å². The van der Waals surface area contributed by atoms with Gasteiger partial charge in [0.25, 0.3) is 5.91 Å². The van der Waals surface area contributed by atoms with Crippen LogP contribution in [-0.4, -0.2) is 52.4 Å². The van der Waals surface area contributed by atoms with Crippen molar-refractivity contribution in [2.75, 3.05) is 12.4 Å². The van der Waals surface area contributed by atoms with Crippen LogP contribution in [0.15, 0.2) is 40.0 Å². The minimum Gasteiger partial charge on any atom is -0.543 e. The van der Waals surface area contributed by atoms with Crippen molar-refractivity contribution in [3.05, 3.63) is 45.6 Å². The van der Waals surface area contributed by atoms with Gasteiger partial charge < -0.3 is 20.0 Å². The van der Waals surface area contributed by atoms with Gasteiger partial charge in [0, 0.05) is 22.7 Å². The van der Waals surface area contributed by atoms with Gasteiger partial charge in [-0.15, -0.1) is 11.8 Å². The van der Waals surface area contributed by atoms with Crippen molar-refractivity contribution < 1.29 is 58.6 Å². The second-order valence-electron chi connectivity index (χ2n) is 8.18. The summed E-state index contributed by atoms with van der Waals surface area (Å²) in [6.07, 6.45) is 3.23. The van der Waals surface area contributed by atoms with Crippen LogP contribution in [0.4, 0.5) is 0 Å². The van der Waals surface area contributed by atoms with Crippen LogP contribution in [0.25, 0.3) is 0 Å². The van der Waals surface area contributed by atoms with Gasteiger partial charge in [-0.25, -0.2) is 0 Å². The molecule has 1 aromatic rings. The Labute approximate surface area is 226 Å². The van der Waals surface area contributed by atoms with Gasteiger partial charge in [-0.3, -0.25) is 19.3 Å². The summed E-state index contributed by atoms with van der Waals surface area (Å²) in [5, 5.41) is 14.1. The molecule has 2 aliphatic heterocycles. The minimum absolute atomic E-state index is 0. The Kier molecular flexibility index (Phi) is 8.37. The number of hydrogen-bond acceptors (Lipinski definition) is 7. The van der Waals surface area contributed by atoms with Crippen molar-refractivity contribution in [1.29, 1.82) is 0 Å². The molecule has 1 N–H and O–H groups in total. The largest absolute Gasteiger partial charge is 1.00 e. The third-order valence-electron chi connectivity index (χ3n) is 6.27. The number of nitrogens with one attached hydrogen (secondary N) is 1. The van der Waals surface area contributed by atoms with Crippen LogP contribution in [0.3, 0.4) is 0 Å². The number of carbonyl (C=O) groups excluding carboxylic acids is 4. The summed E-state index contributed by atoms with van der Waals surface area (Å²) in [6.45, 7) is 1.01. The zero-order chi connectivity index (χ0) is 23.0. The Hall–Kier alpha value is -1.33. The number of aliphatic carboxylic acids is 1. The fraction of sp³-hybridized carbons (Fsp3) is 0.455. The SMILES string of the molecule is CC(=O)OCC1=C(C(=O)[O-])N2C(=O)[C@@H](NC(=O)C3(c4ccc(Br)cc4)CCCC3)[C@H]2SC1.[Na+]. The average molecular weight is 545 g/mol. The van der Waals surface area contributed by atoms with Crippen LogP contribution in [0.2, 0.25) is 0 Å². The molecule has 0 radical (unpaired) electrons. The van der Waals surface area contributed by atoms with E-state index in [1.54, 1.807) is 0 Å². The zero-order valence-corrected chi connectivity index (χ0v) is 22.8. The maximum atomic E-state index is 13.4. The molecule has 11 heteroatoms. The van der Waals surface area contributed by atoms with E-state index in [9.17, 15) is 24.3 Å². The van der Waals surface area contributed by atoms with Crippen molar-refractivity contribution in [1.82, 2.24) is 10.2 Å². The number of ether oxygens (including phenoxy) is 1. The standard InChI is InChI=1S/C22H23BrN2O6S.Na/c1-12(26)31-10-13-11-32-19-16(18(27)25(19)17(13)20(28)29)24-21(30)22(8-2-3-9-22)14-4-6-15(23)7-5-14;/h4-7,16,19H,2-3,8-11H2,1H3,(H,24,30)(H,28,29);/q;+1/p-1/t16-,19-;/m1./s1. The first-order valence-electron chi connectivity index (χ1n) is 10.3. The molecule has 1 aromatic carbocycles. The number of halogens is 1. The van der Waals surface area contributed by atoms with Gasteiger partial charge in [0.05, 0.1) is 17.1 Å². The summed E-state index contributed by atoms with van der Waals surface area (Å²) >= 11 is 4.75. The summed E-state index contributed by atoms with van der Waals surface area (Å²) in [4.78, 5) is 50.3. The number of hydrogen-bond donors (Lipinski definition) is 1. The summed E-state index contributed by atoms with van der Waals surface area (Å²) in [5.41, 5.74) is 0.249. The normalized spacial score (nSPS) is 23.2. The topological polar surface area (TPSA) is 116 Å². The number of rotatable bonds is 6. The number of thioether (sulfide) groups is 1. The molecule has 33 heavy (non-hydrogen) atoms. The van der Waals surface area contributed by atoms with Crippen LogP contribution in [-0.2, 0) is 29.3 Å². The van der Waals surface area contributed by atoms with Crippen LogP contribution in [0, 0.1) is 0 Å².